The highest BCUT2D eigenvalue weighted by Gasteiger charge is 2.14. The Morgan fingerprint density at radius 1 is 1.00 bits per heavy atom. The molecule has 2 heteroatoms. The highest BCUT2D eigenvalue weighted by molar-refractivity contribution is 4.67. The predicted octanol–water partition coefficient (Wildman–Crippen LogP) is 2.50. The van der Waals surface area contributed by atoms with Crippen molar-refractivity contribution < 1.29 is 10.2 Å². The van der Waals surface area contributed by atoms with E-state index in [0.717, 1.165) is 32.1 Å². The molecule has 2 N–H and O–H groups in total. The molecule has 1 rings (SSSR count). The monoisotopic (exact) mass is 200 g/mol. The zero-order valence-corrected chi connectivity index (χ0v) is 9.12. The summed E-state index contributed by atoms with van der Waals surface area (Å²) in [5.74, 6) is 0.657. The normalized spacial score (nSPS) is 28.1. The molecule has 84 valence electrons. The first-order chi connectivity index (χ1) is 6.83. The molecule has 0 radical (unpaired) electrons. The van der Waals surface area contributed by atoms with Crippen LogP contribution in [0, 0.1) is 5.92 Å². The molecule has 0 saturated heterocycles. The molecule has 0 spiro atoms. The Bertz CT molecular complexity index is 125. The molecular weight excluding hydrogens is 176 g/mol. The van der Waals surface area contributed by atoms with Gasteiger partial charge in [0, 0.05) is 6.61 Å². The second kappa shape index (κ2) is 9.22. The lowest BCUT2D eigenvalue weighted by Gasteiger charge is -2.21. The molecule has 0 amide bonds. The van der Waals surface area contributed by atoms with Crippen LogP contribution in [0.15, 0.2) is 13.2 Å². The zero-order chi connectivity index (χ0) is 10.8. The number of rotatable bonds is 2. The fourth-order valence-corrected chi connectivity index (χ4v) is 2.00. The summed E-state index contributed by atoms with van der Waals surface area (Å²) in [4.78, 5) is 0. The van der Waals surface area contributed by atoms with Crippen molar-refractivity contribution in [3.05, 3.63) is 13.2 Å². The Balaban J connectivity index is 0.000000791. The second-order valence-corrected chi connectivity index (χ2v) is 3.89. The molecule has 2 atom stereocenters. The van der Waals surface area contributed by atoms with E-state index in [1.807, 2.05) is 0 Å². The van der Waals surface area contributed by atoms with Gasteiger partial charge in [0.1, 0.15) is 0 Å². The van der Waals surface area contributed by atoms with E-state index in [4.69, 9.17) is 5.11 Å². The molecule has 1 fully saturated rings. The first kappa shape index (κ1) is 13.7. The van der Waals surface area contributed by atoms with Gasteiger partial charge in [0.25, 0.3) is 0 Å². The molecule has 1 aliphatic carbocycles. The van der Waals surface area contributed by atoms with Crippen LogP contribution in [0.25, 0.3) is 0 Å². The first-order valence-electron chi connectivity index (χ1n) is 5.62. The summed E-state index contributed by atoms with van der Waals surface area (Å²) in [5.41, 5.74) is 0. The van der Waals surface area contributed by atoms with Crippen molar-refractivity contribution >= 4 is 0 Å². The van der Waals surface area contributed by atoms with E-state index in [0.29, 0.717) is 12.5 Å². The maximum absolute atomic E-state index is 9.44. The van der Waals surface area contributed by atoms with E-state index in [1.165, 1.54) is 12.8 Å². The van der Waals surface area contributed by atoms with Gasteiger partial charge in [0.15, 0.2) is 0 Å². The summed E-state index contributed by atoms with van der Waals surface area (Å²) in [6.07, 6.45) is 7.48. The minimum absolute atomic E-state index is 0.0773. The van der Waals surface area contributed by atoms with Crippen LogP contribution in [0.4, 0.5) is 0 Å². The molecule has 0 aromatic rings. The van der Waals surface area contributed by atoms with E-state index in [9.17, 15) is 5.11 Å². The Labute approximate surface area is 87.7 Å². The summed E-state index contributed by atoms with van der Waals surface area (Å²) in [6, 6.07) is 0. The summed E-state index contributed by atoms with van der Waals surface area (Å²) in [6.45, 7) is 6.31. The Hall–Kier alpha value is -0.340. The van der Waals surface area contributed by atoms with Gasteiger partial charge in [0.2, 0.25) is 0 Å². The zero-order valence-electron chi connectivity index (χ0n) is 9.12. The van der Waals surface area contributed by atoms with Crippen LogP contribution in [0.1, 0.15) is 44.9 Å². The van der Waals surface area contributed by atoms with Gasteiger partial charge in [-0.1, -0.05) is 19.3 Å². The van der Waals surface area contributed by atoms with Crippen molar-refractivity contribution in [1.82, 2.24) is 0 Å². The summed E-state index contributed by atoms with van der Waals surface area (Å²) < 4.78 is 0. The van der Waals surface area contributed by atoms with Gasteiger partial charge in [-0.2, -0.15) is 0 Å². The van der Waals surface area contributed by atoms with Crippen molar-refractivity contribution in [2.75, 3.05) is 6.61 Å². The number of aliphatic hydroxyl groups is 2. The minimum atomic E-state index is -0.0773. The van der Waals surface area contributed by atoms with E-state index >= 15 is 0 Å². The minimum Gasteiger partial charge on any atom is -0.396 e. The molecule has 1 saturated carbocycles. The fourth-order valence-electron chi connectivity index (χ4n) is 2.00. The van der Waals surface area contributed by atoms with Gasteiger partial charge in [0.05, 0.1) is 6.10 Å². The van der Waals surface area contributed by atoms with Crippen LogP contribution in [-0.4, -0.2) is 22.9 Å². The Morgan fingerprint density at radius 3 is 2.29 bits per heavy atom. The van der Waals surface area contributed by atoms with Crippen molar-refractivity contribution in [1.29, 1.82) is 0 Å². The Kier molecular flexibility index (Phi) is 9.00. The number of hydrogen-bond donors (Lipinski definition) is 2. The van der Waals surface area contributed by atoms with Crippen LogP contribution < -0.4 is 0 Å². The van der Waals surface area contributed by atoms with Gasteiger partial charge in [-0.05, 0) is 31.6 Å². The second-order valence-electron chi connectivity index (χ2n) is 3.89. The highest BCUT2D eigenvalue weighted by Crippen LogP contribution is 2.24. The van der Waals surface area contributed by atoms with E-state index in [-0.39, 0.29) is 6.10 Å². The quantitative estimate of drug-likeness (QED) is 0.672. The third-order valence-corrected chi connectivity index (χ3v) is 2.85. The summed E-state index contributed by atoms with van der Waals surface area (Å²) in [5, 5.41) is 18.2. The van der Waals surface area contributed by atoms with Gasteiger partial charge in [-0.15, -0.1) is 13.2 Å². The average Bonchev–Trinajstić information content (AvgIpc) is 2.20. The van der Waals surface area contributed by atoms with Gasteiger partial charge < -0.3 is 10.2 Å². The van der Waals surface area contributed by atoms with Crippen LogP contribution in [0.3, 0.4) is 0 Å². The van der Waals surface area contributed by atoms with Crippen molar-refractivity contribution in [2.45, 2.75) is 51.0 Å². The first-order valence-corrected chi connectivity index (χ1v) is 5.62. The maximum Gasteiger partial charge on any atom is 0.0540 e. The maximum atomic E-state index is 9.44. The summed E-state index contributed by atoms with van der Waals surface area (Å²) in [7, 11) is 0. The largest absolute Gasteiger partial charge is 0.396 e. The van der Waals surface area contributed by atoms with Crippen molar-refractivity contribution in [3.63, 3.8) is 0 Å². The van der Waals surface area contributed by atoms with Gasteiger partial charge in [-0.3, -0.25) is 0 Å². The number of aliphatic hydroxyl groups excluding tert-OH is 2. The number of hydrogen-bond acceptors (Lipinski definition) is 2. The third-order valence-electron chi connectivity index (χ3n) is 2.85. The molecule has 0 aromatic carbocycles. The van der Waals surface area contributed by atoms with Crippen LogP contribution in [0.5, 0.6) is 0 Å². The molecule has 0 heterocycles. The van der Waals surface area contributed by atoms with Crippen LogP contribution >= 0.6 is 0 Å². The van der Waals surface area contributed by atoms with Crippen LogP contribution in [-0.2, 0) is 0 Å². The highest BCUT2D eigenvalue weighted by atomic mass is 16.3. The average molecular weight is 200 g/mol. The fraction of sp³-hybridized carbons (Fsp3) is 0.833. The lowest BCUT2D eigenvalue weighted by atomic mass is 9.88. The molecular formula is C12H24O2. The molecule has 2 unspecified atom stereocenters. The molecule has 0 bridgehead atoms. The van der Waals surface area contributed by atoms with E-state index < -0.39 is 0 Å². The van der Waals surface area contributed by atoms with Crippen molar-refractivity contribution in [3.8, 4) is 0 Å². The third kappa shape index (κ3) is 6.17. The lowest BCUT2D eigenvalue weighted by molar-refractivity contribution is 0.125. The topological polar surface area (TPSA) is 40.5 Å². The van der Waals surface area contributed by atoms with E-state index in [1.54, 1.807) is 0 Å². The lowest BCUT2D eigenvalue weighted by Crippen LogP contribution is -2.14. The summed E-state index contributed by atoms with van der Waals surface area (Å²) >= 11 is 0. The van der Waals surface area contributed by atoms with E-state index in [2.05, 4.69) is 13.2 Å². The molecule has 14 heavy (non-hydrogen) atoms. The van der Waals surface area contributed by atoms with Crippen LogP contribution in [0.2, 0.25) is 0 Å². The molecule has 0 aromatic heterocycles. The van der Waals surface area contributed by atoms with Crippen molar-refractivity contribution in [2.24, 2.45) is 5.92 Å². The molecule has 0 aliphatic heterocycles. The molecule has 2 nitrogen and oxygen atoms in total. The van der Waals surface area contributed by atoms with Gasteiger partial charge in [-0.25, -0.2) is 0 Å². The smallest absolute Gasteiger partial charge is 0.0540 e. The SMILES string of the molecule is C=C.OCCC1CCCCC(O)CC1. The predicted molar refractivity (Wildman–Crippen MR) is 60.2 cm³/mol. The van der Waals surface area contributed by atoms with Gasteiger partial charge >= 0.3 is 0 Å². The molecule has 1 aliphatic rings. The standard InChI is InChI=1S/C10H20O2.C2H4/c11-8-7-9-3-1-2-4-10(12)6-5-9;1-2/h9-12H,1-8H2;1-2H2. The Morgan fingerprint density at radius 2 is 1.64 bits per heavy atom.